The molecule has 1 N–H and O–H groups in total. The maximum Gasteiger partial charge on any atom is 0.325 e. The topological polar surface area (TPSA) is 73.0 Å². The van der Waals surface area contributed by atoms with Crippen LogP contribution in [0.25, 0.3) is 0 Å². The second kappa shape index (κ2) is 7.86. The first-order valence-corrected chi connectivity index (χ1v) is 10.7. The zero-order chi connectivity index (χ0) is 20.6. The summed E-state index contributed by atoms with van der Waals surface area (Å²) in [4.78, 5) is 43.4. The molecule has 3 fully saturated rings. The molecule has 4 rings (SSSR count). The fourth-order valence-electron chi connectivity index (χ4n) is 4.76. The van der Waals surface area contributed by atoms with Gasteiger partial charge in [0.1, 0.15) is 12.1 Å². The molecule has 2 saturated heterocycles. The number of carbonyl (C=O) groups excluding carboxylic acids is 3. The number of nitrogens with zero attached hydrogens (tertiary/aromatic N) is 3. The number of hydrogen-bond donors (Lipinski definition) is 1. The normalized spacial score (nSPS) is 27.5. The van der Waals surface area contributed by atoms with Crippen LogP contribution in [0.4, 0.5) is 10.5 Å². The number of rotatable bonds is 3. The average Bonchev–Trinajstić information content (AvgIpc) is 2.95. The molecule has 2 heterocycles. The number of carbonyl (C=O) groups is 3. The Bertz CT molecular complexity index is 824. The van der Waals surface area contributed by atoms with Crippen molar-refractivity contribution in [3.63, 3.8) is 0 Å². The smallest absolute Gasteiger partial charge is 0.325 e. The van der Waals surface area contributed by atoms with Gasteiger partial charge in [0.05, 0.1) is 0 Å². The van der Waals surface area contributed by atoms with Crippen molar-refractivity contribution in [3.05, 3.63) is 29.3 Å². The molecule has 1 aliphatic carbocycles. The maximum atomic E-state index is 13.0. The molecule has 0 bridgehead atoms. The van der Waals surface area contributed by atoms with E-state index in [1.807, 2.05) is 31.2 Å². The number of hydrogen-bond acceptors (Lipinski definition) is 4. The predicted octanol–water partition coefficient (Wildman–Crippen LogP) is 2.49. The van der Waals surface area contributed by atoms with Crippen molar-refractivity contribution >= 4 is 35.1 Å². The number of anilines is 1. The third-order valence-electron chi connectivity index (χ3n) is 6.60. The van der Waals surface area contributed by atoms with Crippen molar-refractivity contribution in [2.75, 3.05) is 37.6 Å². The Kier molecular flexibility index (Phi) is 5.42. The second-order valence-electron chi connectivity index (χ2n) is 8.29. The molecule has 156 valence electrons. The fourth-order valence-corrected chi connectivity index (χ4v) is 4.95. The Labute approximate surface area is 176 Å². The zero-order valence-corrected chi connectivity index (χ0v) is 17.5. The van der Waals surface area contributed by atoms with Crippen LogP contribution in [0.5, 0.6) is 0 Å². The number of nitrogens with one attached hydrogen (secondary N) is 1. The van der Waals surface area contributed by atoms with E-state index >= 15 is 0 Å². The molecule has 29 heavy (non-hydrogen) atoms. The molecule has 1 aromatic carbocycles. The SMILES string of the molecule is CC1CCCCC12NC(=O)N(CC(=O)N1CCN(c3cccc(Cl)c3)CC1)C2=O. The Balaban J connectivity index is 1.36. The molecule has 8 heteroatoms. The van der Waals surface area contributed by atoms with Crippen molar-refractivity contribution in [2.24, 2.45) is 5.92 Å². The predicted molar refractivity (Wildman–Crippen MR) is 111 cm³/mol. The summed E-state index contributed by atoms with van der Waals surface area (Å²) >= 11 is 6.07. The van der Waals surface area contributed by atoms with Crippen LogP contribution in [0.2, 0.25) is 5.02 Å². The van der Waals surface area contributed by atoms with Gasteiger partial charge < -0.3 is 15.1 Å². The zero-order valence-electron chi connectivity index (χ0n) is 16.7. The summed E-state index contributed by atoms with van der Waals surface area (Å²) in [5.74, 6) is -0.325. The van der Waals surface area contributed by atoms with E-state index in [9.17, 15) is 14.4 Å². The van der Waals surface area contributed by atoms with E-state index < -0.39 is 11.6 Å². The molecule has 0 radical (unpaired) electrons. The van der Waals surface area contributed by atoms with Crippen LogP contribution in [0.3, 0.4) is 0 Å². The first-order chi connectivity index (χ1) is 13.9. The van der Waals surface area contributed by atoms with Gasteiger partial charge >= 0.3 is 6.03 Å². The maximum absolute atomic E-state index is 13.0. The molecule has 1 aromatic rings. The molecule has 0 aromatic heterocycles. The number of imide groups is 1. The lowest BCUT2D eigenvalue weighted by Crippen LogP contribution is -2.55. The Morgan fingerprint density at radius 2 is 1.97 bits per heavy atom. The van der Waals surface area contributed by atoms with Crippen LogP contribution >= 0.6 is 11.6 Å². The number of urea groups is 1. The Morgan fingerprint density at radius 1 is 1.21 bits per heavy atom. The van der Waals surface area contributed by atoms with E-state index in [2.05, 4.69) is 10.2 Å². The molecule has 1 saturated carbocycles. The molecule has 7 nitrogen and oxygen atoms in total. The van der Waals surface area contributed by atoms with Crippen molar-refractivity contribution in [1.82, 2.24) is 15.1 Å². The Hall–Kier alpha value is -2.28. The van der Waals surface area contributed by atoms with Gasteiger partial charge in [-0.1, -0.05) is 37.4 Å². The van der Waals surface area contributed by atoms with Gasteiger partial charge in [0.2, 0.25) is 5.91 Å². The van der Waals surface area contributed by atoms with Gasteiger partial charge in [-0.05, 0) is 37.0 Å². The van der Waals surface area contributed by atoms with Crippen LogP contribution in [0.1, 0.15) is 32.6 Å². The fraction of sp³-hybridized carbons (Fsp3) is 0.571. The van der Waals surface area contributed by atoms with Crippen LogP contribution in [-0.4, -0.2) is 65.9 Å². The summed E-state index contributed by atoms with van der Waals surface area (Å²) in [6, 6.07) is 7.23. The highest BCUT2D eigenvalue weighted by Crippen LogP contribution is 2.38. The summed E-state index contributed by atoms with van der Waals surface area (Å²) < 4.78 is 0. The molecule has 2 atom stereocenters. The van der Waals surface area contributed by atoms with Crippen LogP contribution in [-0.2, 0) is 9.59 Å². The van der Waals surface area contributed by atoms with Crippen molar-refractivity contribution in [3.8, 4) is 0 Å². The van der Waals surface area contributed by atoms with Crippen LogP contribution in [0.15, 0.2) is 24.3 Å². The minimum absolute atomic E-state index is 0.0917. The van der Waals surface area contributed by atoms with Gasteiger partial charge in [0.25, 0.3) is 5.91 Å². The van der Waals surface area contributed by atoms with E-state index in [0.29, 0.717) is 37.6 Å². The first kappa shape index (κ1) is 20.0. The van der Waals surface area contributed by atoms with Gasteiger partial charge in [0, 0.05) is 36.9 Å². The quantitative estimate of drug-likeness (QED) is 0.765. The van der Waals surface area contributed by atoms with E-state index in [0.717, 1.165) is 29.8 Å². The largest absolute Gasteiger partial charge is 0.368 e. The lowest BCUT2D eigenvalue weighted by atomic mass is 9.73. The van der Waals surface area contributed by atoms with Gasteiger partial charge in [0.15, 0.2) is 0 Å². The summed E-state index contributed by atoms with van der Waals surface area (Å²) in [5.41, 5.74) is 0.216. The lowest BCUT2D eigenvalue weighted by Gasteiger charge is -2.37. The van der Waals surface area contributed by atoms with Crippen molar-refractivity contribution in [1.29, 1.82) is 0 Å². The summed E-state index contributed by atoms with van der Waals surface area (Å²) in [6.07, 6.45) is 3.56. The van der Waals surface area contributed by atoms with Crippen molar-refractivity contribution in [2.45, 2.75) is 38.1 Å². The third kappa shape index (κ3) is 3.68. The van der Waals surface area contributed by atoms with Crippen molar-refractivity contribution < 1.29 is 14.4 Å². The summed E-state index contributed by atoms with van der Waals surface area (Å²) in [5, 5.41) is 3.59. The summed E-state index contributed by atoms with van der Waals surface area (Å²) in [6.45, 7) is 4.31. The average molecular weight is 419 g/mol. The second-order valence-corrected chi connectivity index (χ2v) is 8.72. The van der Waals surface area contributed by atoms with E-state index in [-0.39, 0.29) is 24.3 Å². The van der Waals surface area contributed by atoms with Gasteiger partial charge in [-0.15, -0.1) is 0 Å². The van der Waals surface area contributed by atoms with Crippen LogP contribution in [0, 0.1) is 5.92 Å². The van der Waals surface area contributed by atoms with E-state index in [1.165, 1.54) is 0 Å². The highest BCUT2D eigenvalue weighted by Gasteiger charge is 2.55. The van der Waals surface area contributed by atoms with Gasteiger partial charge in [-0.2, -0.15) is 0 Å². The first-order valence-electron chi connectivity index (χ1n) is 10.3. The molecular weight excluding hydrogens is 392 g/mol. The molecule has 4 amide bonds. The number of amides is 4. The minimum atomic E-state index is -0.819. The molecule has 2 aliphatic heterocycles. The lowest BCUT2D eigenvalue weighted by molar-refractivity contribution is -0.140. The number of benzene rings is 1. The van der Waals surface area contributed by atoms with E-state index in [1.54, 1.807) is 4.90 Å². The minimum Gasteiger partial charge on any atom is -0.368 e. The molecule has 2 unspecified atom stereocenters. The number of halogens is 1. The molecule has 1 spiro atoms. The number of piperazine rings is 1. The highest BCUT2D eigenvalue weighted by molar-refractivity contribution is 6.30. The van der Waals surface area contributed by atoms with E-state index in [4.69, 9.17) is 11.6 Å². The van der Waals surface area contributed by atoms with Gasteiger partial charge in [-0.3, -0.25) is 14.5 Å². The van der Waals surface area contributed by atoms with Gasteiger partial charge in [-0.25, -0.2) is 4.79 Å². The Morgan fingerprint density at radius 3 is 2.66 bits per heavy atom. The standard InChI is InChI=1S/C21H27ClN4O3/c1-15-5-2-3-8-21(15)19(28)26(20(29)23-21)14-18(27)25-11-9-24(10-12-25)17-7-4-6-16(22)13-17/h4,6-7,13,15H,2-3,5,8-12,14H2,1H3,(H,23,29). The molecular formula is C21H27ClN4O3. The third-order valence-corrected chi connectivity index (χ3v) is 6.84. The monoisotopic (exact) mass is 418 g/mol. The summed E-state index contributed by atoms with van der Waals surface area (Å²) in [7, 11) is 0. The highest BCUT2D eigenvalue weighted by atomic mass is 35.5. The van der Waals surface area contributed by atoms with Crippen LogP contribution < -0.4 is 10.2 Å². The molecule has 3 aliphatic rings.